The van der Waals surface area contributed by atoms with Gasteiger partial charge in [0.15, 0.2) is 11.5 Å². The Balaban J connectivity index is 1.94. The molecule has 3 aromatic rings. The summed E-state index contributed by atoms with van der Waals surface area (Å²) >= 11 is 0. The number of hydrogen-bond acceptors (Lipinski definition) is 8. The van der Waals surface area contributed by atoms with Crippen LogP contribution in [0.4, 0.5) is 0 Å². The summed E-state index contributed by atoms with van der Waals surface area (Å²) in [6.07, 6.45) is 0. The summed E-state index contributed by atoms with van der Waals surface area (Å²) in [4.78, 5) is 28.4. The molecule has 0 bridgehead atoms. The average Bonchev–Trinajstić information content (AvgIpc) is 3.21. The maximum absolute atomic E-state index is 13.5. The fourth-order valence-electron chi connectivity index (χ4n) is 4.56. The molecule has 9 heteroatoms. The van der Waals surface area contributed by atoms with Crippen LogP contribution in [0.5, 0.6) is 28.7 Å². The van der Waals surface area contributed by atoms with Crippen LogP contribution in [0.15, 0.2) is 66.2 Å². The predicted molar refractivity (Wildman–Crippen MR) is 140 cm³/mol. The first-order valence-electron chi connectivity index (χ1n) is 11.7. The number of ketones is 1. The monoisotopic (exact) mass is 519 g/mol. The van der Waals surface area contributed by atoms with Crippen LogP contribution in [-0.4, -0.2) is 57.2 Å². The van der Waals surface area contributed by atoms with E-state index < -0.39 is 23.5 Å². The van der Waals surface area contributed by atoms with Gasteiger partial charge in [-0.15, -0.1) is 0 Å². The van der Waals surface area contributed by atoms with E-state index in [0.717, 1.165) is 5.56 Å². The number of carbonyl (C=O) groups excluding carboxylic acids is 2. The number of methoxy groups -OCH3 is 5. The molecular formula is C29H29NO8. The van der Waals surface area contributed by atoms with Crippen LogP contribution in [-0.2, 0) is 16.1 Å². The quantitative estimate of drug-likeness (QED) is 0.253. The molecule has 1 aliphatic rings. The fraction of sp³-hybridized carbons (Fsp3) is 0.241. The molecule has 1 aliphatic heterocycles. The summed E-state index contributed by atoms with van der Waals surface area (Å²) in [5, 5.41) is 11.6. The molecular weight excluding hydrogens is 490 g/mol. The Morgan fingerprint density at radius 3 is 1.92 bits per heavy atom. The Kier molecular flexibility index (Phi) is 7.76. The van der Waals surface area contributed by atoms with Crippen LogP contribution >= 0.6 is 0 Å². The summed E-state index contributed by atoms with van der Waals surface area (Å²) in [6, 6.07) is 16.3. The van der Waals surface area contributed by atoms with E-state index in [2.05, 4.69) is 0 Å². The number of aliphatic hydroxyl groups is 1. The van der Waals surface area contributed by atoms with Crippen molar-refractivity contribution in [2.75, 3.05) is 35.5 Å². The molecule has 1 fully saturated rings. The summed E-state index contributed by atoms with van der Waals surface area (Å²) in [6.45, 7) is 0.105. The minimum Gasteiger partial charge on any atom is -0.506 e. The van der Waals surface area contributed by atoms with Gasteiger partial charge in [-0.2, -0.15) is 0 Å². The zero-order valence-corrected chi connectivity index (χ0v) is 21.8. The summed E-state index contributed by atoms with van der Waals surface area (Å²) in [5.74, 6) is 0.137. The van der Waals surface area contributed by atoms with Crippen molar-refractivity contribution in [2.24, 2.45) is 0 Å². The van der Waals surface area contributed by atoms with E-state index in [-0.39, 0.29) is 29.2 Å². The van der Waals surface area contributed by atoms with Crippen molar-refractivity contribution < 1.29 is 38.4 Å². The Labute approximate surface area is 220 Å². The molecule has 0 aliphatic carbocycles. The number of aliphatic hydroxyl groups excluding tert-OH is 1. The number of Topliss-reactive ketones (excluding diaryl/α,β-unsaturated/α-hetero) is 1. The molecule has 1 atom stereocenters. The van der Waals surface area contributed by atoms with Gasteiger partial charge in [0.25, 0.3) is 11.7 Å². The molecule has 0 radical (unpaired) electrons. The van der Waals surface area contributed by atoms with Crippen LogP contribution in [0.3, 0.4) is 0 Å². The number of amides is 1. The smallest absolute Gasteiger partial charge is 0.295 e. The highest BCUT2D eigenvalue weighted by Gasteiger charge is 2.47. The molecule has 0 aromatic heterocycles. The van der Waals surface area contributed by atoms with E-state index in [0.29, 0.717) is 22.8 Å². The third-order valence-electron chi connectivity index (χ3n) is 6.44. The molecule has 9 nitrogen and oxygen atoms in total. The first-order chi connectivity index (χ1) is 18.4. The second-order valence-electron chi connectivity index (χ2n) is 8.43. The Morgan fingerprint density at radius 2 is 1.37 bits per heavy atom. The third kappa shape index (κ3) is 4.70. The van der Waals surface area contributed by atoms with Crippen LogP contribution in [0.2, 0.25) is 0 Å². The molecule has 198 valence electrons. The second kappa shape index (κ2) is 11.2. The number of carbonyl (C=O) groups is 2. The maximum Gasteiger partial charge on any atom is 0.295 e. The third-order valence-corrected chi connectivity index (χ3v) is 6.44. The molecule has 1 amide bonds. The van der Waals surface area contributed by atoms with Crippen molar-refractivity contribution in [3.63, 3.8) is 0 Å². The zero-order chi connectivity index (χ0) is 27.4. The molecule has 3 aromatic carbocycles. The predicted octanol–water partition coefficient (Wildman–Crippen LogP) is 4.35. The Hall–Kier alpha value is -4.66. The van der Waals surface area contributed by atoms with Gasteiger partial charge in [-0.05, 0) is 47.5 Å². The van der Waals surface area contributed by atoms with E-state index in [1.165, 1.54) is 33.3 Å². The Morgan fingerprint density at radius 1 is 0.763 bits per heavy atom. The van der Waals surface area contributed by atoms with E-state index in [1.54, 1.807) is 55.6 Å². The highest BCUT2D eigenvalue weighted by Crippen LogP contribution is 2.45. The minimum absolute atomic E-state index is 0.0986. The van der Waals surface area contributed by atoms with Crippen LogP contribution in [0.25, 0.3) is 5.76 Å². The summed E-state index contributed by atoms with van der Waals surface area (Å²) in [5.41, 5.74) is 1.39. The molecule has 0 saturated carbocycles. The van der Waals surface area contributed by atoms with Crippen LogP contribution in [0, 0.1) is 0 Å². The van der Waals surface area contributed by atoms with Crippen LogP contribution < -0.4 is 23.7 Å². The number of ether oxygens (including phenoxy) is 5. The molecule has 1 N–H and O–H groups in total. The maximum atomic E-state index is 13.5. The van der Waals surface area contributed by atoms with E-state index >= 15 is 0 Å². The van der Waals surface area contributed by atoms with Gasteiger partial charge in [0.1, 0.15) is 28.6 Å². The normalized spacial score (nSPS) is 16.3. The van der Waals surface area contributed by atoms with Gasteiger partial charge in [-0.25, -0.2) is 0 Å². The summed E-state index contributed by atoms with van der Waals surface area (Å²) < 4.78 is 27.0. The zero-order valence-electron chi connectivity index (χ0n) is 21.8. The second-order valence-corrected chi connectivity index (χ2v) is 8.43. The number of rotatable bonds is 9. The van der Waals surface area contributed by atoms with Gasteiger partial charge in [0, 0.05) is 6.54 Å². The SMILES string of the molecule is COc1ccc(CN2C(=O)C(=O)/C(=C(/O)c3c(OC)cccc3OC)C2c2ccc(OC)c(OC)c2)cc1. The highest BCUT2D eigenvalue weighted by molar-refractivity contribution is 6.46. The van der Waals surface area contributed by atoms with E-state index in [4.69, 9.17) is 23.7 Å². The number of nitrogens with zero attached hydrogens (tertiary/aromatic N) is 1. The first-order valence-corrected chi connectivity index (χ1v) is 11.7. The minimum atomic E-state index is -0.938. The largest absolute Gasteiger partial charge is 0.506 e. The number of hydrogen-bond donors (Lipinski definition) is 1. The van der Waals surface area contributed by atoms with Crippen molar-refractivity contribution in [1.29, 1.82) is 0 Å². The molecule has 1 heterocycles. The van der Waals surface area contributed by atoms with E-state index in [1.807, 2.05) is 12.1 Å². The standard InChI is InChI=1S/C29H29NO8/c1-34-19-12-9-17(10-13-19)16-30-26(18-11-14-20(35-2)23(15-18)38-5)25(28(32)29(30)33)27(31)24-21(36-3)7-6-8-22(24)37-4/h6-15,26,31H,16H2,1-5H3/b27-25+. The topological polar surface area (TPSA) is 104 Å². The summed E-state index contributed by atoms with van der Waals surface area (Å²) in [7, 11) is 7.47. The van der Waals surface area contributed by atoms with Gasteiger partial charge in [0.2, 0.25) is 0 Å². The van der Waals surface area contributed by atoms with Gasteiger partial charge < -0.3 is 33.7 Å². The van der Waals surface area contributed by atoms with Crippen LogP contribution in [0.1, 0.15) is 22.7 Å². The highest BCUT2D eigenvalue weighted by atomic mass is 16.5. The van der Waals surface area contributed by atoms with Crippen molar-refractivity contribution >= 4 is 17.4 Å². The average molecular weight is 520 g/mol. The molecule has 1 saturated heterocycles. The van der Waals surface area contributed by atoms with Crippen molar-refractivity contribution in [3.8, 4) is 28.7 Å². The molecule has 0 spiro atoms. The first kappa shape index (κ1) is 26.4. The van der Waals surface area contributed by atoms with Gasteiger partial charge in [-0.1, -0.05) is 24.3 Å². The number of likely N-dealkylation sites (tertiary alicyclic amines) is 1. The van der Waals surface area contributed by atoms with Crippen molar-refractivity contribution in [1.82, 2.24) is 4.90 Å². The fourth-order valence-corrected chi connectivity index (χ4v) is 4.56. The Bertz CT molecular complexity index is 1360. The number of benzene rings is 3. The van der Waals surface area contributed by atoms with Gasteiger partial charge in [-0.3, -0.25) is 9.59 Å². The lowest BCUT2D eigenvalue weighted by Crippen LogP contribution is -2.29. The van der Waals surface area contributed by atoms with Crippen molar-refractivity contribution in [2.45, 2.75) is 12.6 Å². The molecule has 38 heavy (non-hydrogen) atoms. The van der Waals surface area contributed by atoms with E-state index in [9.17, 15) is 14.7 Å². The lowest BCUT2D eigenvalue weighted by molar-refractivity contribution is -0.140. The lowest BCUT2D eigenvalue weighted by atomic mass is 9.94. The molecule has 4 rings (SSSR count). The molecule has 1 unspecified atom stereocenters. The lowest BCUT2D eigenvalue weighted by Gasteiger charge is -2.26. The van der Waals surface area contributed by atoms with Gasteiger partial charge in [0.05, 0.1) is 47.2 Å². The van der Waals surface area contributed by atoms with Crippen molar-refractivity contribution in [3.05, 3.63) is 82.9 Å². The van der Waals surface area contributed by atoms with Gasteiger partial charge >= 0.3 is 0 Å².